The lowest BCUT2D eigenvalue weighted by atomic mass is 10.0. The van der Waals surface area contributed by atoms with Crippen LogP contribution in [-0.4, -0.2) is 32.7 Å². The van der Waals surface area contributed by atoms with Crippen molar-refractivity contribution in [3.05, 3.63) is 70.9 Å². The molecule has 146 valence electrons. The van der Waals surface area contributed by atoms with E-state index < -0.39 is 0 Å². The van der Waals surface area contributed by atoms with Crippen molar-refractivity contribution < 1.29 is 14.4 Å². The van der Waals surface area contributed by atoms with Crippen LogP contribution >= 0.6 is 11.8 Å². The number of pyridine rings is 1. The van der Waals surface area contributed by atoms with Gasteiger partial charge in [0.2, 0.25) is 5.91 Å². The summed E-state index contributed by atoms with van der Waals surface area (Å²) in [5.41, 5.74) is 4.67. The van der Waals surface area contributed by atoms with Gasteiger partial charge in [0, 0.05) is 16.8 Å². The first-order valence-electron chi connectivity index (χ1n) is 9.16. The predicted octanol–water partition coefficient (Wildman–Crippen LogP) is 4.30. The maximum absolute atomic E-state index is 12.9. The van der Waals surface area contributed by atoms with E-state index in [0.717, 1.165) is 39.5 Å². The maximum atomic E-state index is 12.9. The molecule has 0 unspecified atom stereocenters. The zero-order valence-electron chi connectivity index (χ0n) is 16.1. The Morgan fingerprint density at radius 3 is 2.55 bits per heavy atom. The largest absolute Gasteiger partial charge is 0.322 e. The molecule has 4 rings (SSSR count). The van der Waals surface area contributed by atoms with Crippen LogP contribution in [0.15, 0.2) is 48.5 Å². The number of aryl methyl sites for hydroxylation is 2. The number of anilines is 1. The zero-order chi connectivity index (χ0) is 20.5. The lowest BCUT2D eigenvalue weighted by Gasteiger charge is -2.13. The molecule has 1 aliphatic rings. The Kier molecular flexibility index (Phi) is 5.07. The number of imide groups is 1. The summed E-state index contributed by atoms with van der Waals surface area (Å²) in [4.78, 5) is 42.1. The van der Waals surface area contributed by atoms with Crippen LogP contribution < -0.4 is 5.32 Å². The number of amides is 3. The highest BCUT2D eigenvalue weighted by Gasteiger charge is 2.29. The van der Waals surface area contributed by atoms with Crippen LogP contribution in [0.2, 0.25) is 0 Å². The van der Waals surface area contributed by atoms with E-state index in [1.807, 2.05) is 32.0 Å². The quantitative estimate of drug-likeness (QED) is 0.700. The van der Waals surface area contributed by atoms with Crippen molar-refractivity contribution in [3.8, 4) is 0 Å². The summed E-state index contributed by atoms with van der Waals surface area (Å²) >= 11 is 1.02. The van der Waals surface area contributed by atoms with Gasteiger partial charge in [0.1, 0.15) is 0 Å². The number of fused-ring (bicyclic) bond motifs is 1. The van der Waals surface area contributed by atoms with Crippen LogP contribution in [-0.2, 0) is 11.3 Å². The number of rotatable bonds is 4. The first-order chi connectivity index (χ1) is 13.9. The first kappa shape index (κ1) is 19.1. The number of carbonyl (C=O) groups is 3. The van der Waals surface area contributed by atoms with Crippen LogP contribution in [0.1, 0.15) is 27.2 Å². The minimum absolute atomic E-state index is 0.174. The highest BCUT2D eigenvalue weighted by Crippen LogP contribution is 2.23. The minimum Gasteiger partial charge on any atom is -0.322 e. The van der Waals surface area contributed by atoms with E-state index in [2.05, 4.69) is 10.3 Å². The molecule has 7 heteroatoms. The van der Waals surface area contributed by atoms with E-state index >= 15 is 0 Å². The Balaban J connectivity index is 1.53. The van der Waals surface area contributed by atoms with Crippen molar-refractivity contribution in [2.24, 2.45) is 0 Å². The van der Waals surface area contributed by atoms with Gasteiger partial charge >= 0.3 is 0 Å². The average molecular weight is 405 g/mol. The SMILES string of the molecule is Cc1ccc2nc(C)cc(C(=O)Nc3ccc(CN4C(=O)CSC4=O)cc3)c2c1. The normalized spacial score (nSPS) is 13.9. The van der Waals surface area contributed by atoms with Crippen molar-refractivity contribution >= 4 is 45.4 Å². The number of thioether (sulfide) groups is 1. The minimum atomic E-state index is -0.220. The number of aromatic nitrogens is 1. The van der Waals surface area contributed by atoms with Gasteiger partial charge in [-0.05, 0) is 49.7 Å². The zero-order valence-corrected chi connectivity index (χ0v) is 16.9. The molecule has 3 aromatic rings. The second-order valence-electron chi connectivity index (χ2n) is 7.02. The molecule has 1 N–H and O–H groups in total. The lowest BCUT2D eigenvalue weighted by Crippen LogP contribution is -2.27. The van der Waals surface area contributed by atoms with Crippen LogP contribution in [0.3, 0.4) is 0 Å². The van der Waals surface area contributed by atoms with Crippen molar-refractivity contribution in [1.29, 1.82) is 0 Å². The summed E-state index contributed by atoms with van der Waals surface area (Å²) in [6, 6.07) is 14.8. The van der Waals surface area contributed by atoms with E-state index in [1.165, 1.54) is 4.90 Å². The fourth-order valence-electron chi connectivity index (χ4n) is 3.27. The molecule has 0 radical (unpaired) electrons. The van der Waals surface area contributed by atoms with Crippen LogP contribution in [0, 0.1) is 13.8 Å². The van der Waals surface area contributed by atoms with Gasteiger partial charge in [-0.2, -0.15) is 0 Å². The van der Waals surface area contributed by atoms with Gasteiger partial charge in [-0.25, -0.2) is 0 Å². The fourth-order valence-corrected chi connectivity index (χ4v) is 3.99. The van der Waals surface area contributed by atoms with Gasteiger partial charge < -0.3 is 5.32 Å². The standard InChI is InChI=1S/C22H19N3O3S/c1-13-3-8-19-17(9-13)18(10-14(2)23-19)21(27)24-16-6-4-15(5-7-16)11-25-20(26)12-29-22(25)28/h3-10H,11-12H2,1-2H3,(H,24,27). The molecule has 0 saturated carbocycles. The summed E-state index contributed by atoms with van der Waals surface area (Å²) in [6.07, 6.45) is 0. The molecule has 3 amide bonds. The van der Waals surface area contributed by atoms with Gasteiger partial charge in [0.15, 0.2) is 0 Å². The molecule has 0 aliphatic carbocycles. The van der Waals surface area contributed by atoms with E-state index in [4.69, 9.17) is 0 Å². The van der Waals surface area contributed by atoms with Gasteiger partial charge in [-0.3, -0.25) is 24.3 Å². The topological polar surface area (TPSA) is 79.4 Å². The van der Waals surface area contributed by atoms with Crippen molar-refractivity contribution in [2.75, 3.05) is 11.1 Å². The summed E-state index contributed by atoms with van der Waals surface area (Å²) in [5, 5.41) is 3.51. The first-order valence-corrected chi connectivity index (χ1v) is 10.1. The summed E-state index contributed by atoms with van der Waals surface area (Å²) < 4.78 is 0. The Bertz CT molecular complexity index is 1130. The monoisotopic (exact) mass is 405 g/mol. The second-order valence-corrected chi connectivity index (χ2v) is 7.94. The van der Waals surface area contributed by atoms with Crippen LogP contribution in [0.5, 0.6) is 0 Å². The number of nitrogens with zero attached hydrogens (tertiary/aromatic N) is 2. The highest BCUT2D eigenvalue weighted by molar-refractivity contribution is 8.14. The molecule has 0 atom stereocenters. The maximum Gasteiger partial charge on any atom is 0.289 e. The predicted molar refractivity (Wildman–Crippen MR) is 114 cm³/mol. The van der Waals surface area contributed by atoms with Crippen molar-refractivity contribution in [3.63, 3.8) is 0 Å². The van der Waals surface area contributed by atoms with Crippen LogP contribution in [0.25, 0.3) is 10.9 Å². The molecule has 0 bridgehead atoms. The van der Waals surface area contributed by atoms with Crippen molar-refractivity contribution in [2.45, 2.75) is 20.4 Å². The Morgan fingerprint density at radius 2 is 1.86 bits per heavy atom. The Morgan fingerprint density at radius 1 is 1.10 bits per heavy atom. The molecular formula is C22H19N3O3S. The Labute approximate surface area is 172 Å². The molecular weight excluding hydrogens is 386 g/mol. The van der Waals surface area contributed by atoms with Gasteiger partial charge in [0.25, 0.3) is 11.1 Å². The highest BCUT2D eigenvalue weighted by atomic mass is 32.2. The molecule has 0 spiro atoms. The van der Waals surface area contributed by atoms with E-state index in [-0.39, 0.29) is 29.4 Å². The van der Waals surface area contributed by atoms with Crippen molar-refractivity contribution in [1.82, 2.24) is 9.88 Å². The smallest absolute Gasteiger partial charge is 0.289 e. The van der Waals surface area contributed by atoms with E-state index in [9.17, 15) is 14.4 Å². The third-order valence-electron chi connectivity index (χ3n) is 4.73. The Hall–Kier alpha value is -3.19. The summed E-state index contributed by atoms with van der Waals surface area (Å²) in [7, 11) is 0. The molecule has 1 saturated heterocycles. The molecule has 1 aromatic heterocycles. The number of benzene rings is 2. The summed E-state index contributed by atoms with van der Waals surface area (Å²) in [5.74, 6) is -0.182. The van der Waals surface area contributed by atoms with Gasteiger partial charge in [0.05, 0.1) is 23.4 Å². The molecule has 1 aliphatic heterocycles. The number of nitrogens with one attached hydrogen (secondary N) is 1. The third kappa shape index (κ3) is 4.00. The number of hydrogen-bond acceptors (Lipinski definition) is 5. The molecule has 6 nitrogen and oxygen atoms in total. The molecule has 29 heavy (non-hydrogen) atoms. The second kappa shape index (κ2) is 7.67. The number of hydrogen-bond donors (Lipinski definition) is 1. The fraction of sp³-hybridized carbons (Fsp3) is 0.182. The molecule has 2 aromatic carbocycles. The molecule has 1 fully saturated rings. The summed E-state index contributed by atoms with van der Waals surface area (Å²) in [6.45, 7) is 4.09. The van der Waals surface area contributed by atoms with Gasteiger partial charge in [-0.15, -0.1) is 0 Å². The molecule has 2 heterocycles. The van der Waals surface area contributed by atoms with E-state index in [1.54, 1.807) is 30.3 Å². The van der Waals surface area contributed by atoms with E-state index in [0.29, 0.717) is 11.3 Å². The third-order valence-corrected chi connectivity index (χ3v) is 5.59. The number of carbonyl (C=O) groups excluding carboxylic acids is 3. The van der Waals surface area contributed by atoms with Gasteiger partial charge in [-0.1, -0.05) is 35.5 Å². The van der Waals surface area contributed by atoms with Crippen LogP contribution in [0.4, 0.5) is 10.5 Å². The lowest BCUT2D eigenvalue weighted by molar-refractivity contribution is -0.125. The average Bonchev–Trinajstić information content (AvgIpc) is 3.01.